The predicted molar refractivity (Wildman–Crippen MR) is 184 cm³/mol. The molecule has 46 heavy (non-hydrogen) atoms. The number of fused-ring (bicyclic) bond motifs is 7. The van der Waals surface area contributed by atoms with Crippen LogP contribution in [0.4, 0.5) is 0 Å². The Hall–Kier alpha value is -5.94. The van der Waals surface area contributed by atoms with Gasteiger partial charge in [-0.15, -0.1) is 0 Å². The molecule has 0 radical (unpaired) electrons. The second-order valence-electron chi connectivity index (χ2n) is 12.3. The van der Waals surface area contributed by atoms with Crippen LogP contribution in [0.25, 0.3) is 78.6 Å². The SMILES string of the molecule is CC1(C)c2ccccc2-c2c1c(-c1nc(-c3ccccc3)nc(-c3ccccc3)n1)cc1ccc3nc(-c4ccccc4)oc3c21. The summed E-state index contributed by atoms with van der Waals surface area (Å²) in [7, 11) is 0. The summed E-state index contributed by atoms with van der Waals surface area (Å²) >= 11 is 0. The average Bonchev–Trinajstić information content (AvgIpc) is 3.66. The molecule has 0 aliphatic heterocycles. The van der Waals surface area contributed by atoms with Crippen LogP contribution >= 0.6 is 0 Å². The lowest BCUT2D eigenvalue weighted by molar-refractivity contribution is 0.623. The Morgan fingerprint density at radius 1 is 0.522 bits per heavy atom. The first-order valence-corrected chi connectivity index (χ1v) is 15.5. The zero-order chi connectivity index (χ0) is 30.8. The van der Waals surface area contributed by atoms with Gasteiger partial charge in [0, 0.05) is 33.1 Å². The van der Waals surface area contributed by atoms with Crippen LogP contribution in [-0.2, 0) is 5.41 Å². The van der Waals surface area contributed by atoms with Crippen molar-refractivity contribution in [2.45, 2.75) is 19.3 Å². The van der Waals surface area contributed by atoms with Crippen molar-refractivity contribution < 1.29 is 4.42 Å². The molecule has 0 fully saturated rings. The van der Waals surface area contributed by atoms with E-state index >= 15 is 0 Å². The number of aromatic nitrogens is 4. The van der Waals surface area contributed by atoms with Gasteiger partial charge in [-0.3, -0.25) is 0 Å². The van der Waals surface area contributed by atoms with Crippen LogP contribution in [0.5, 0.6) is 0 Å². The summed E-state index contributed by atoms with van der Waals surface area (Å²) in [5.74, 6) is 2.55. The summed E-state index contributed by atoms with van der Waals surface area (Å²) in [4.78, 5) is 20.2. The second kappa shape index (κ2) is 10.0. The van der Waals surface area contributed by atoms with Crippen molar-refractivity contribution in [3.8, 4) is 56.7 Å². The van der Waals surface area contributed by atoms with E-state index in [1.54, 1.807) is 0 Å². The van der Waals surface area contributed by atoms with Crippen LogP contribution in [0, 0.1) is 0 Å². The zero-order valence-corrected chi connectivity index (χ0v) is 25.4. The van der Waals surface area contributed by atoms with Crippen LogP contribution in [-0.4, -0.2) is 19.9 Å². The third-order valence-electron chi connectivity index (χ3n) is 9.11. The molecule has 0 bridgehead atoms. The molecule has 9 rings (SSSR count). The molecule has 0 unspecified atom stereocenters. The molecule has 0 saturated heterocycles. The molecule has 6 aromatic carbocycles. The minimum absolute atomic E-state index is 0.327. The van der Waals surface area contributed by atoms with E-state index in [2.05, 4.69) is 50.2 Å². The van der Waals surface area contributed by atoms with Crippen LogP contribution < -0.4 is 0 Å². The number of nitrogens with zero attached hydrogens (tertiary/aromatic N) is 4. The van der Waals surface area contributed by atoms with E-state index in [4.69, 9.17) is 24.4 Å². The highest BCUT2D eigenvalue weighted by Crippen LogP contribution is 2.55. The molecule has 2 heterocycles. The third kappa shape index (κ3) is 4.02. The summed E-state index contributed by atoms with van der Waals surface area (Å²) in [5.41, 5.74) is 9.91. The Morgan fingerprint density at radius 3 is 1.74 bits per heavy atom. The van der Waals surface area contributed by atoms with Crippen LogP contribution in [0.2, 0.25) is 0 Å². The zero-order valence-electron chi connectivity index (χ0n) is 25.4. The monoisotopic (exact) mass is 592 g/mol. The van der Waals surface area contributed by atoms with Gasteiger partial charge in [0.2, 0.25) is 5.89 Å². The number of benzene rings is 6. The fraction of sp³-hybridized carbons (Fsp3) is 0.0732. The summed E-state index contributed by atoms with van der Waals surface area (Å²) in [5, 5.41) is 2.11. The summed E-state index contributed by atoms with van der Waals surface area (Å²) in [6.07, 6.45) is 0. The average molecular weight is 593 g/mol. The molecule has 0 N–H and O–H groups in total. The molecule has 0 spiro atoms. The van der Waals surface area contributed by atoms with Crippen LogP contribution in [0.3, 0.4) is 0 Å². The van der Waals surface area contributed by atoms with E-state index in [9.17, 15) is 0 Å². The molecule has 5 heteroatoms. The maximum absolute atomic E-state index is 6.62. The van der Waals surface area contributed by atoms with Gasteiger partial charge in [0.05, 0.1) is 0 Å². The van der Waals surface area contributed by atoms with Gasteiger partial charge < -0.3 is 4.42 Å². The highest BCUT2D eigenvalue weighted by atomic mass is 16.3. The number of hydrogen-bond donors (Lipinski definition) is 0. The Bertz CT molecular complexity index is 2370. The summed E-state index contributed by atoms with van der Waals surface area (Å²) in [6, 6.07) is 45.4. The van der Waals surface area contributed by atoms with E-state index in [1.807, 2.05) is 97.1 Å². The fourth-order valence-electron chi connectivity index (χ4n) is 6.98. The Kier molecular flexibility index (Phi) is 5.78. The van der Waals surface area contributed by atoms with Gasteiger partial charge in [-0.2, -0.15) is 0 Å². The minimum Gasteiger partial charge on any atom is -0.435 e. The number of oxazole rings is 1. The van der Waals surface area contributed by atoms with E-state index in [-0.39, 0.29) is 5.41 Å². The topological polar surface area (TPSA) is 64.7 Å². The smallest absolute Gasteiger partial charge is 0.227 e. The molecule has 1 aliphatic rings. The maximum Gasteiger partial charge on any atom is 0.227 e. The molecule has 218 valence electrons. The standard InChI is InChI=1S/C41H28N4O/c1-41(2)31-21-13-12-20-29(31)34-33-28(22-23-32-36(33)46-40(42-32)27-18-10-5-11-19-27)24-30(35(34)41)39-44-37(25-14-6-3-7-15-25)43-38(45-39)26-16-8-4-9-17-26/h3-24H,1-2H3. The van der Waals surface area contributed by atoms with Crippen LogP contribution in [0.15, 0.2) is 138 Å². The van der Waals surface area contributed by atoms with E-state index in [1.165, 1.54) is 16.7 Å². The van der Waals surface area contributed by atoms with Gasteiger partial charge in [-0.1, -0.05) is 123 Å². The van der Waals surface area contributed by atoms with Gasteiger partial charge in [0.25, 0.3) is 0 Å². The lowest BCUT2D eigenvalue weighted by Crippen LogP contribution is -2.17. The first kappa shape index (κ1) is 26.5. The first-order valence-electron chi connectivity index (χ1n) is 15.5. The molecule has 1 aliphatic carbocycles. The van der Waals surface area contributed by atoms with Gasteiger partial charge in [0.15, 0.2) is 23.1 Å². The van der Waals surface area contributed by atoms with E-state index in [0.717, 1.165) is 49.7 Å². The first-order chi connectivity index (χ1) is 22.6. The van der Waals surface area contributed by atoms with Crippen molar-refractivity contribution in [1.29, 1.82) is 0 Å². The van der Waals surface area contributed by atoms with Crippen molar-refractivity contribution in [1.82, 2.24) is 19.9 Å². The molecule has 2 aromatic heterocycles. The van der Waals surface area contributed by atoms with Gasteiger partial charge in [-0.05, 0) is 51.9 Å². The van der Waals surface area contributed by atoms with Crippen molar-refractivity contribution in [2.75, 3.05) is 0 Å². The molecular weight excluding hydrogens is 564 g/mol. The fourth-order valence-corrected chi connectivity index (χ4v) is 6.98. The number of rotatable bonds is 4. The van der Waals surface area contributed by atoms with Crippen molar-refractivity contribution in [3.05, 3.63) is 145 Å². The quantitative estimate of drug-likeness (QED) is 0.203. The summed E-state index contributed by atoms with van der Waals surface area (Å²) < 4.78 is 6.62. The molecule has 0 amide bonds. The van der Waals surface area contributed by atoms with Gasteiger partial charge in [-0.25, -0.2) is 19.9 Å². The maximum atomic E-state index is 6.62. The molecule has 5 nitrogen and oxygen atoms in total. The molecule has 0 atom stereocenters. The number of hydrogen-bond acceptors (Lipinski definition) is 5. The van der Waals surface area contributed by atoms with Crippen molar-refractivity contribution in [3.63, 3.8) is 0 Å². The Morgan fingerprint density at radius 2 is 1.09 bits per heavy atom. The Labute approximate surface area is 266 Å². The van der Waals surface area contributed by atoms with Crippen molar-refractivity contribution >= 4 is 21.9 Å². The third-order valence-corrected chi connectivity index (χ3v) is 9.11. The summed E-state index contributed by atoms with van der Waals surface area (Å²) in [6.45, 7) is 4.58. The van der Waals surface area contributed by atoms with Gasteiger partial charge in [0.1, 0.15) is 5.52 Å². The molecule has 0 saturated carbocycles. The molecule has 8 aromatic rings. The van der Waals surface area contributed by atoms with Gasteiger partial charge >= 0.3 is 0 Å². The normalized spacial score (nSPS) is 13.2. The van der Waals surface area contributed by atoms with Crippen molar-refractivity contribution in [2.24, 2.45) is 0 Å². The van der Waals surface area contributed by atoms with E-state index < -0.39 is 0 Å². The lowest BCUT2D eigenvalue weighted by Gasteiger charge is -2.24. The molecular formula is C41H28N4O. The lowest BCUT2D eigenvalue weighted by atomic mass is 9.79. The highest BCUT2D eigenvalue weighted by Gasteiger charge is 2.40. The minimum atomic E-state index is -0.327. The second-order valence-corrected chi connectivity index (χ2v) is 12.3. The van der Waals surface area contributed by atoms with Crippen LogP contribution in [0.1, 0.15) is 25.0 Å². The predicted octanol–water partition coefficient (Wildman–Crippen LogP) is 10.1. The largest absolute Gasteiger partial charge is 0.435 e. The highest BCUT2D eigenvalue weighted by molar-refractivity contribution is 6.16. The van der Waals surface area contributed by atoms with E-state index in [0.29, 0.717) is 23.4 Å². The Balaban J connectivity index is 1.38.